The summed E-state index contributed by atoms with van der Waals surface area (Å²) in [7, 11) is 0. The smallest absolute Gasteiger partial charge is 0.261 e. The van der Waals surface area contributed by atoms with Gasteiger partial charge in [0.1, 0.15) is 11.4 Å². The fraction of sp³-hybridized carbons (Fsp3) is 0.312. The normalized spacial score (nSPS) is 13.8. The molecule has 1 aliphatic rings. The van der Waals surface area contributed by atoms with Crippen molar-refractivity contribution in [2.75, 3.05) is 10.6 Å². The van der Waals surface area contributed by atoms with E-state index in [2.05, 4.69) is 20.6 Å². The molecule has 1 heterocycles. The summed E-state index contributed by atoms with van der Waals surface area (Å²) < 4.78 is 0. The maximum Gasteiger partial charge on any atom is 0.261 e. The van der Waals surface area contributed by atoms with Crippen LogP contribution < -0.4 is 10.6 Å². The first-order chi connectivity index (χ1) is 10.5. The summed E-state index contributed by atoms with van der Waals surface area (Å²) in [6.07, 6.45) is 3.63. The summed E-state index contributed by atoms with van der Waals surface area (Å²) in [6, 6.07) is 6.26. The third-order valence-electron chi connectivity index (χ3n) is 3.64. The highest BCUT2D eigenvalue weighted by atomic mass is 35.5. The van der Waals surface area contributed by atoms with Crippen molar-refractivity contribution in [3.05, 3.63) is 46.4 Å². The quantitative estimate of drug-likeness (QED) is 0.846. The Bertz CT molecular complexity index is 708. The van der Waals surface area contributed by atoms with E-state index in [0.717, 1.165) is 29.7 Å². The third kappa shape index (κ3) is 3.20. The maximum atomic E-state index is 12.6. The lowest BCUT2D eigenvalue weighted by Gasteiger charge is -2.13. The van der Waals surface area contributed by atoms with E-state index in [-0.39, 0.29) is 11.2 Å². The molecule has 0 radical (unpaired) electrons. The van der Waals surface area contributed by atoms with Crippen LogP contribution in [0, 0.1) is 13.8 Å². The van der Waals surface area contributed by atoms with Crippen LogP contribution in [0.5, 0.6) is 0 Å². The van der Waals surface area contributed by atoms with Gasteiger partial charge in [0.25, 0.3) is 5.91 Å². The number of amides is 1. The molecule has 1 fully saturated rings. The summed E-state index contributed by atoms with van der Waals surface area (Å²) >= 11 is 5.84. The third-order valence-corrected chi connectivity index (χ3v) is 3.82. The number of carbonyl (C=O) groups is 1. The highest BCUT2D eigenvalue weighted by Crippen LogP contribution is 2.27. The molecule has 6 heteroatoms. The van der Waals surface area contributed by atoms with Gasteiger partial charge in [-0.15, -0.1) is 0 Å². The van der Waals surface area contributed by atoms with Crippen LogP contribution in [-0.2, 0) is 0 Å². The van der Waals surface area contributed by atoms with Crippen molar-refractivity contribution in [1.82, 2.24) is 9.97 Å². The molecule has 0 spiro atoms. The van der Waals surface area contributed by atoms with E-state index in [0.29, 0.717) is 17.4 Å². The molecule has 0 unspecified atom stereocenters. The lowest BCUT2D eigenvalue weighted by atomic mass is 10.1. The van der Waals surface area contributed by atoms with Crippen molar-refractivity contribution < 1.29 is 4.79 Å². The number of hydrogen-bond acceptors (Lipinski definition) is 4. The van der Waals surface area contributed by atoms with Crippen molar-refractivity contribution in [3.8, 4) is 0 Å². The molecule has 22 heavy (non-hydrogen) atoms. The Morgan fingerprint density at radius 3 is 2.59 bits per heavy atom. The number of aromatic nitrogens is 2. The molecule has 0 bridgehead atoms. The van der Waals surface area contributed by atoms with E-state index in [4.69, 9.17) is 11.6 Å². The molecule has 1 aromatic heterocycles. The van der Waals surface area contributed by atoms with Crippen LogP contribution in [0.1, 0.15) is 34.3 Å². The molecule has 1 amide bonds. The molecular formula is C16H17ClN4O. The Labute approximate surface area is 134 Å². The van der Waals surface area contributed by atoms with E-state index < -0.39 is 0 Å². The molecule has 114 valence electrons. The van der Waals surface area contributed by atoms with Crippen LogP contribution >= 0.6 is 11.6 Å². The minimum Gasteiger partial charge on any atom is -0.367 e. The van der Waals surface area contributed by atoms with Gasteiger partial charge in [-0.2, -0.15) is 4.98 Å². The van der Waals surface area contributed by atoms with E-state index >= 15 is 0 Å². The first-order valence-corrected chi connectivity index (χ1v) is 7.59. The number of para-hydroxylation sites is 1. The highest BCUT2D eigenvalue weighted by molar-refractivity contribution is 6.28. The standard InChI is InChI=1S/C16H17ClN4O/c1-9-4-3-5-10(2)13(9)20-15(22)12-8-18-16(17)21-14(12)19-11-6-7-11/h3-5,8,11H,6-7H2,1-2H3,(H,20,22)(H,18,19,21). The zero-order chi connectivity index (χ0) is 15.7. The zero-order valence-corrected chi connectivity index (χ0v) is 13.2. The first-order valence-electron chi connectivity index (χ1n) is 7.21. The number of nitrogens with one attached hydrogen (secondary N) is 2. The summed E-state index contributed by atoms with van der Waals surface area (Å²) in [5, 5.41) is 6.30. The lowest BCUT2D eigenvalue weighted by molar-refractivity contribution is 0.102. The highest BCUT2D eigenvalue weighted by Gasteiger charge is 2.25. The average molecular weight is 317 g/mol. The molecule has 0 aliphatic heterocycles. The SMILES string of the molecule is Cc1cccc(C)c1NC(=O)c1cnc(Cl)nc1NC1CC1. The summed E-state index contributed by atoms with van der Waals surface area (Å²) in [5.41, 5.74) is 3.25. The topological polar surface area (TPSA) is 66.9 Å². The number of halogens is 1. The van der Waals surface area contributed by atoms with Gasteiger partial charge in [0, 0.05) is 17.9 Å². The minimum absolute atomic E-state index is 0.131. The van der Waals surface area contributed by atoms with Crippen LogP contribution in [0.15, 0.2) is 24.4 Å². The van der Waals surface area contributed by atoms with Crippen molar-refractivity contribution >= 4 is 29.0 Å². The lowest BCUT2D eigenvalue weighted by Crippen LogP contribution is -2.18. The number of hydrogen-bond donors (Lipinski definition) is 2. The van der Waals surface area contributed by atoms with Crippen LogP contribution in [0.3, 0.4) is 0 Å². The van der Waals surface area contributed by atoms with Gasteiger partial charge in [0.2, 0.25) is 5.28 Å². The van der Waals surface area contributed by atoms with Gasteiger partial charge >= 0.3 is 0 Å². The van der Waals surface area contributed by atoms with Gasteiger partial charge < -0.3 is 10.6 Å². The largest absolute Gasteiger partial charge is 0.367 e. The number of rotatable bonds is 4. The summed E-state index contributed by atoms with van der Waals surface area (Å²) in [4.78, 5) is 20.7. The Hall–Kier alpha value is -2.14. The van der Waals surface area contributed by atoms with E-state index in [1.165, 1.54) is 6.20 Å². The van der Waals surface area contributed by atoms with Crippen LogP contribution in [0.2, 0.25) is 5.28 Å². The Balaban J connectivity index is 1.88. The van der Waals surface area contributed by atoms with Crippen molar-refractivity contribution in [2.24, 2.45) is 0 Å². The molecular weight excluding hydrogens is 300 g/mol. The number of aryl methyl sites for hydroxylation is 2. The zero-order valence-electron chi connectivity index (χ0n) is 12.5. The second-order valence-electron chi connectivity index (χ2n) is 5.54. The van der Waals surface area contributed by atoms with Crippen LogP contribution in [0.4, 0.5) is 11.5 Å². The van der Waals surface area contributed by atoms with Gasteiger partial charge in [-0.25, -0.2) is 4.98 Å². The molecule has 1 aliphatic carbocycles. The molecule has 0 atom stereocenters. The maximum absolute atomic E-state index is 12.6. The van der Waals surface area contributed by atoms with E-state index in [1.807, 2.05) is 32.0 Å². The monoisotopic (exact) mass is 316 g/mol. The fourth-order valence-electron chi connectivity index (χ4n) is 2.25. The second-order valence-corrected chi connectivity index (χ2v) is 5.88. The number of benzene rings is 1. The predicted molar refractivity (Wildman–Crippen MR) is 87.6 cm³/mol. The van der Waals surface area contributed by atoms with E-state index in [9.17, 15) is 4.79 Å². The van der Waals surface area contributed by atoms with Crippen molar-refractivity contribution in [3.63, 3.8) is 0 Å². The van der Waals surface area contributed by atoms with Crippen LogP contribution in [-0.4, -0.2) is 21.9 Å². The Morgan fingerprint density at radius 1 is 1.27 bits per heavy atom. The number of anilines is 2. The first kappa shape index (κ1) is 14.8. The average Bonchev–Trinajstić information content (AvgIpc) is 3.27. The van der Waals surface area contributed by atoms with Gasteiger partial charge in [-0.05, 0) is 49.4 Å². The molecule has 1 saturated carbocycles. The van der Waals surface area contributed by atoms with Gasteiger partial charge in [0.05, 0.1) is 0 Å². The van der Waals surface area contributed by atoms with Crippen LogP contribution in [0.25, 0.3) is 0 Å². The molecule has 2 N–H and O–H groups in total. The number of carbonyl (C=O) groups excluding carboxylic acids is 1. The predicted octanol–water partition coefficient (Wildman–Crippen LogP) is 3.57. The van der Waals surface area contributed by atoms with Crippen molar-refractivity contribution in [2.45, 2.75) is 32.7 Å². The number of nitrogens with zero attached hydrogens (tertiary/aromatic N) is 2. The molecule has 1 aromatic carbocycles. The fourth-order valence-corrected chi connectivity index (χ4v) is 2.38. The summed E-state index contributed by atoms with van der Waals surface area (Å²) in [6.45, 7) is 3.93. The molecule has 3 rings (SSSR count). The summed E-state index contributed by atoms with van der Waals surface area (Å²) in [5.74, 6) is 0.253. The van der Waals surface area contributed by atoms with Gasteiger partial charge in [-0.3, -0.25) is 4.79 Å². The van der Waals surface area contributed by atoms with Gasteiger partial charge in [0.15, 0.2) is 0 Å². The molecule has 0 saturated heterocycles. The van der Waals surface area contributed by atoms with Crippen molar-refractivity contribution in [1.29, 1.82) is 0 Å². The molecule has 5 nitrogen and oxygen atoms in total. The Kier molecular flexibility index (Phi) is 3.98. The van der Waals surface area contributed by atoms with Gasteiger partial charge in [-0.1, -0.05) is 18.2 Å². The Morgan fingerprint density at radius 2 is 1.95 bits per heavy atom. The second kappa shape index (κ2) is 5.93. The minimum atomic E-state index is -0.239. The molecule has 2 aromatic rings. The van der Waals surface area contributed by atoms with E-state index in [1.54, 1.807) is 0 Å².